The molecule has 0 aromatic carbocycles. The summed E-state index contributed by atoms with van der Waals surface area (Å²) in [5.74, 6) is 6.98. The summed E-state index contributed by atoms with van der Waals surface area (Å²) in [5.41, 5.74) is 3.40. The van der Waals surface area contributed by atoms with Crippen molar-refractivity contribution < 1.29 is 4.79 Å². The molecule has 0 radical (unpaired) electrons. The lowest BCUT2D eigenvalue weighted by Gasteiger charge is -2.18. The third-order valence-electron chi connectivity index (χ3n) is 2.87. The second-order valence-electron chi connectivity index (χ2n) is 5.05. The average Bonchev–Trinajstić information content (AvgIpc) is 2.44. The standard InChI is InChI=1S/C13H24N6O/c1-5-10-11(16-7-17-12(10)19-14)18-9(4)13(20)15-6-8(2)3/h7-9H,5-6,14H2,1-4H3,(H,15,20)(H2,16,17,18,19). The molecule has 1 unspecified atom stereocenters. The maximum absolute atomic E-state index is 11.9. The third-order valence-corrected chi connectivity index (χ3v) is 2.87. The monoisotopic (exact) mass is 280 g/mol. The van der Waals surface area contributed by atoms with Gasteiger partial charge in [0.25, 0.3) is 0 Å². The minimum absolute atomic E-state index is 0.0541. The van der Waals surface area contributed by atoms with Gasteiger partial charge in [0.15, 0.2) is 0 Å². The molecule has 7 heteroatoms. The molecule has 1 atom stereocenters. The molecule has 0 aliphatic carbocycles. The van der Waals surface area contributed by atoms with Gasteiger partial charge in [0.1, 0.15) is 24.0 Å². The van der Waals surface area contributed by atoms with Gasteiger partial charge >= 0.3 is 0 Å². The highest BCUT2D eigenvalue weighted by Gasteiger charge is 2.16. The molecule has 1 aromatic heterocycles. The maximum Gasteiger partial charge on any atom is 0.242 e. The van der Waals surface area contributed by atoms with Crippen molar-refractivity contribution in [1.82, 2.24) is 15.3 Å². The summed E-state index contributed by atoms with van der Waals surface area (Å²) in [5, 5.41) is 5.98. The summed E-state index contributed by atoms with van der Waals surface area (Å²) < 4.78 is 0. The number of hydrogen-bond donors (Lipinski definition) is 4. The van der Waals surface area contributed by atoms with E-state index in [2.05, 4.69) is 39.9 Å². The minimum Gasteiger partial charge on any atom is -0.358 e. The van der Waals surface area contributed by atoms with Crippen molar-refractivity contribution in [2.45, 2.75) is 40.2 Å². The van der Waals surface area contributed by atoms with Crippen LogP contribution in [0.15, 0.2) is 6.33 Å². The molecular formula is C13H24N6O. The maximum atomic E-state index is 11.9. The van der Waals surface area contributed by atoms with Gasteiger partial charge < -0.3 is 16.1 Å². The van der Waals surface area contributed by atoms with E-state index in [1.165, 1.54) is 6.33 Å². The van der Waals surface area contributed by atoms with E-state index in [1.54, 1.807) is 6.92 Å². The van der Waals surface area contributed by atoms with Crippen molar-refractivity contribution in [1.29, 1.82) is 0 Å². The predicted molar refractivity (Wildman–Crippen MR) is 80.2 cm³/mol. The fraction of sp³-hybridized carbons (Fsp3) is 0.615. The first-order valence-electron chi connectivity index (χ1n) is 6.84. The highest BCUT2D eigenvalue weighted by atomic mass is 16.2. The molecule has 1 amide bonds. The molecule has 1 heterocycles. The molecule has 0 aliphatic heterocycles. The molecule has 0 spiro atoms. The summed E-state index contributed by atoms with van der Waals surface area (Å²) in [7, 11) is 0. The van der Waals surface area contributed by atoms with Gasteiger partial charge in [0, 0.05) is 12.1 Å². The van der Waals surface area contributed by atoms with Crippen molar-refractivity contribution >= 4 is 17.5 Å². The first-order chi connectivity index (χ1) is 9.49. The van der Waals surface area contributed by atoms with Crippen molar-refractivity contribution in [3.05, 3.63) is 11.9 Å². The van der Waals surface area contributed by atoms with Gasteiger partial charge in [-0.2, -0.15) is 0 Å². The SMILES string of the molecule is CCc1c(NN)ncnc1NC(C)C(=O)NCC(C)C. The zero-order valence-corrected chi connectivity index (χ0v) is 12.5. The number of amides is 1. The molecule has 7 nitrogen and oxygen atoms in total. The Balaban J connectivity index is 2.75. The summed E-state index contributed by atoms with van der Waals surface area (Å²) in [6, 6.07) is -0.375. The van der Waals surface area contributed by atoms with Crippen molar-refractivity contribution in [2.24, 2.45) is 11.8 Å². The van der Waals surface area contributed by atoms with Crippen molar-refractivity contribution in [3.8, 4) is 0 Å². The first-order valence-corrected chi connectivity index (χ1v) is 6.84. The molecule has 0 fully saturated rings. The van der Waals surface area contributed by atoms with Gasteiger partial charge in [-0.15, -0.1) is 0 Å². The second-order valence-corrected chi connectivity index (χ2v) is 5.05. The van der Waals surface area contributed by atoms with Crippen LogP contribution < -0.4 is 21.9 Å². The van der Waals surface area contributed by atoms with Crippen LogP contribution in [0.3, 0.4) is 0 Å². The number of carbonyl (C=O) groups excluding carboxylic acids is 1. The van der Waals surface area contributed by atoms with Crippen molar-refractivity contribution in [3.63, 3.8) is 0 Å². The van der Waals surface area contributed by atoms with Crippen LogP contribution in [0, 0.1) is 5.92 Å². The molecule has 1 aromatic rings. The number of nitrogens with one attached hydrogen (secondary N) is 3. The zero-order chi connectivity index (χ0) is 15.1. The van der Waals surface area contributed by atoms with Gasteiger partial charge in [0.2, 0.25) is 5.91 Å². The summed E-state index contributed by atoms with van der Waals surface area (Å²) in [4.78, 5) is 20.2. The summed E-state index contributed by atoms with van der Waals surface area (Å²) >= 11 is 0. The highest BCUT2D eigenvalue weighted by Crippen LogP contribution is 2.20. The number of hydrogen-bond acceptors (Lipinski definition) is 6. The van der Waals surface area contributed by atoms with E-state index in [9.17, 15) is 4.79 Å². The molecule has 1 rings (SSSR count). The van der Waals surface area contributed by atoms with Gasteiger partial charge in [0.05, 0.1) is 0 Å². The molecule has 0 saturated carbocycles. The van der Waals surface area contributed by atoms with Gasteiger partial charge in [-0.05, 0) is 19.3 Å². The fourth-order valence-corrected chi connectivity index (χ4v) is 1.72. The van der Waals surface area contributed by atoms with E-state index in [1.807, 2.05) is 6.92 Å². The normalized spacial score (nSPS) is 12.1. The lowest BCUT2D eigenvalue weighted by atomic mass is 10.2. The Bertz CT molecular complexity index is 448. The number of nitrogen functional groups attached to an aromatic ring is 1. The Morgan fingerprint density at radius 1 is 1.30 bits per heavy atom. The zero-order valence-electron chi connectivity index (χ0n) is 12.5. The topological polar surface area (TPSA) is 105 Å². The van der Waals surface area contributed by atoms with E-state index in [0.29, 0.717) is 30.5 Å². The second kappa shape index (κ2) is 7.64. The Kier molecular flexibility index (Phi) is 6.17. The number of anilines is 2. The van der Waals surface area contributed by atoms with Crippen LogP contribution in [0.4, 0.5) is 11.6 Å². The minimum atomic E-state index is -0.375. The number of nitrogens with zero attached hydrogens (tertiary/aromatic N) is 2. The molecule has 0 aliphatic rings. The predicted octanol–water partition coefficient (Wildman–Crippen LogP) is 0.897. The van der Waals surface area contributed by atoms with Crippen LogP contribution in [0.1, 0.15) is 33.3 Å². The number of hydrazine groups is 1. The highest BCUT2D eigenvalue weighted by molar-refractivity contribution is 5.84. The van der Waals surface area contributed by atoms with Crippen LogP contribution in [-0.4, -0.2) is 28.5 Å². The Hall–Kier alpha value is -1.89. The van der Waals surface area contributed by atoms with Crippen LogP contribution >= 0.6 is 0 Å². The van der Waals surface area contributed by atoms with Crippen LogP contribution in [0.5, 0.6) is 0 Å². The van der Waals surface area contributed by atoms with E-state index >= 15 is 0 Å². The molecule has 0 bridgehead atoms. The smallest absolute Gasteiger partial charge is 0.242 e. The summed E-state index contributed by atoms with van der Waals surface area (Å²) in [6.07, 6.45) is 2.12. The van der Waals surface area contributed by atoms with Gasteiger partial charge in [-0.25, -0.2) is 15.8 Å². The average molecular weight is 280 g/mol. The Labute approximate surface area is 119 Å². The van der Waals surface area contributed by atoms with E-state index < -0.39 is 0 Å². The molecule has 20 heavy (non-hydrogen) atoms. The fourth-order valence-electron chi connectivity index (χ4n) is 1.72. The van der Waals surface area contributed by atoms with Gasteiger partial charge in [-0.3, -0.25) is 4.79 Å². The van der Waals surface area contributed by atoms with Crippen LogP contribution in [0.2, 0.25) is 0 Å². The largest absolute Gasteiger partial charge is 0.358 e. The van der Waals surface area contributed by atoms with Gasteiger partial charge in [-0.1, -0.05) is 20.8 Å². The number of aromatic nitrogens is 2. The van der Waals surface area contributed by atoms with E-state index in [0.717, 1.165) is 5.56 Å². The van der Waals surface area contributed by atoms with Crippen molar-refractivity contribution in [2.75, 3.05) is 17.3 Å². The van der Waals surface area contributed by atoms with E-state index in [-0.39, 0.29) is 11.9 Å². The number of carbonyl (C=O) groups is 1. The molecule has 0 saturated heterocycles. The quantitative estimate of drug-likeness (QED) is 0.437. The van der Waals surface area contributed by atoms with E-state index in [4.69, 9.17) is 5.84 Å². The lowest BCUT2D eigenvalue weighted by molar-refractivity contribution is -0.121. The Morgan fingerprint density at radius 3 is 2.50 bits per heavy atom. The summed E-state index contributed by atoms with van der Waals surface area (Å²) in [6.45, 7) is 8.54. The van der Waals surface area contributed by atoms with Crippen LogP contribution in [0.25, 0.3) is 0 Å². The lowest BCUT2D eigenvalue weighted by Crippen LogP contribution is -2.39. The molecular weight excluding hydrogens is 256 g/mol. The number of nitrogens with two attached hydrogens (primary N) is 1. The first kappa shape index (κ1) is 16.2. The molecule has 112 valence electrons. The number of rotatable bonds is 7. The Morgan fingerprint density at radius 2 is 1.95 bits per heavy atom. The molecule has 5 N–H and O–H groups in total. The third kappa shape index (κ3) is 4.34. The van der Waals surface area contributed by atoms with Crippen LogP contribution in [-0.2, 0) is 11.2 Å².